The lowest BCUT2D eigenvalue weighted by atomic mass is 9.71. The van der Waals surface area contributed by atoms with Crippen LogP contribution in [0, 0.1) is 5.92 Å². The van der Waals surface area contributed by atoms with Crippen LogP contribution in [0.15, 0.2) is 30.3 Å². The number of aliphatic hydroxyl groups is 1. The summed E-state index contributed by atoms with van der Waals surface area (Å²) in [5.74, 6) is -1.57. The van der Waals surface area contributed by atoms with Gasteiger partial charge in [0.2, 0.25) is 0 Å². The number of hydrogen-bond donors (Lipinski definition) is 2. The van der Waals surface area contributed by atoms with E-state index in [1.165, 1.54) is 0 Å². The predicted octanol–water partition coefficient (Wildman–Crippen LogP) is 2.15. The lowest BCUT2D eigenvalue weighted by molar-refractivity contribution is -0.157. The average molecular weight is 220 g/mol. The van der Waals surface area contributed by atoms with Crippen molar-refractivity contribution in [3.63, 3.8) is 0 Å². The molecule has 1 aromatic rings. The quantitative estimate of drug-likeness (QED) is 0.802. The number of rotatable bonds is 2. The van der Waals surface area contributed by atoms with Gasteiger partial charge in [-0.3, -0.25) is 4.79 Å². The van der Waals surface area contributed by atoms with Crippen LogP contribution in [0.5, 0.6) is 0 Å². The maximum absolute atomic E-state index is 11.2. The zero-order chi connectivity index (χ0) is 11.6. The van der Waals surface area contributed by atoms with Crippen molar-refractivity contribution in [2.75, 3.05) is 0 Å². The van der Waals surface area contributed by atoms with E-state index in [-0.39, 0.29) is 0 Å². The number of carboxylic acid groups (broad SMARTS) is 1. The molecule has 0 aliphatic heterocycles. The van der Waals surface area contributed by atoms with E-state index in [2.05, 4.69) is 0 Å². The van der Waals surface area contributed by atoms with Crippen molar-refractivity contribution in [2.24, 2.45) is 5.92 Å². The SMILES string of the molecule is O=C(O)[C@H]1CCCC[C@@]1(O)c1ccccc1. The van der Waals surface area contributed by atoms with Crippen LogP contribution in [0.25, 0.3) is 0 Å². The Bertz CT molecular complexity index is 374. The number of benzene rings is 1. The van der Waals surface area contributed by atoms with Gasteiger partial charge in [-0.2, -0.15) is 0 Å². The van der Waals surface area contributed by atoms with Crippen molar-refractivity contribution in [3.8, 4) is 0 Å². The van der Waals surface area contributed by atoms with Crippen LogP contribution in [0.1, 0.15) is 31.2 Å². The number of carbonyl (C=O) groups is 1. The van der Waals surface area contributed by atoms with Crippen LogP contribution < -0.4 is 0 Å². The molecule has 1 saturated carbocycles. The summed E-state index contributed by atoms with van der Waals surface area (Å²) in [5.41, 5.74) is -0.465. The topological polar surface area (TPSA) is 57.5 Å². The standard InChI is InChI=1S/C13H16O3/c14-12(15)11-8-4-5-9-13(11,16)10-6-2-1-3-7-10/h1-3,6-7,11,16H,4-5,8-9H2,(H,14,15)/t11-,13-/m1/s1. The summed E-state index contributed by atoms with van der Waals surface area (Å²) >= 11 is 0. The second-order valence-corrected chi connectivity index (χ2v) is 4.43. The van der Waals surface area contributed by atoms with Crippen molar-refractivity contribution < 1.29 is 15.0 Å². The fraction of sp³-hybridized carbons (Fsp3) is 0.462. The molecule has 16 heavy (non-hydrogen) atoms. The highest BCUT2D eigenvalue weighted by molar-refractivity contribution is 5.72. The summed E-state index contributed by atoms with van der Waals surface area (Å²) in [6, 6.07) is 9.15. The van der Waals surface area contributed by atoms with Crippen molar-refractivity contribution in [1.82, 2.24) is 0 Å². The van der Waals surface area contributed by atoms with Gasteiger partial charge in [0.05, 0.1) is 5.92 Å². The molecule has 0 unspecified atom stereocenters. The number of hydrogen-bond acceptors (Lipinski definition) is 2. The van der Waals surface area contributed by atoms with Crippen LogP contribution in [0.3, 0.4) is 0 Å². The molecule has 86 valence electrons. The molecule has 0 bridgehead atoms. The van der Waals surface area contributed by atoms with E-state index in [0.29, 0.717) is 12.8 Å². The fourth-order valence-corrected chi connectivity index (χ4v) is 2.56. The van der Waals surface area contributed by atoms with E-state index >= 15 is 0 Å². The predicted molar refractivity (Wildman–Crippen MR) is 59.9 cm³/mol. The molecule has 1 aromatic carbocycles. The van der Waals surface area contributed by atoms with Crippen molar-refractivity contribution >= 4 is 5.97 Å². The Morgan fingerprint density at radius 1 is 1.25 bits per heavy atom. The molecule has 1 aliphatic rings. The van der Waals surface area contributed by atoms with Gasteiger partial charge in [0.1, 0.15) is 5.60 Å². The van der Waals surface area contributed by atoms with E-state index < -0.39 is 17.5 Å². The van der Waals surface area contributed by atoms with Gasteiger partial charge in [-0.05, 0) is 18.4 Å². The molecule has 2 atom stereocenters. The minimum absolute atomic E-state index is 0.536. The van der Waals surface area contributed by atoms with Crippen LogP contribution in [-0.4, -0.2) is 16.2 Å². The maximum Gasteiger partial charge on any atom is 0.309 e. The molecule has 0 radical (unpaired) electrons. The van der Waals surface area contributed by atoms with Crippen LogP contribution in [0.2, 0.25) is 0 Å². The van der Waals surface area contributed by atoms with Crippen LogP contribution in [0.4, 0.5) is 0 Å². The summed E-state index contributed by atoms with van der Waals surface area (Å²) in [4.78, 5) is 11.2. The normalized spacial score (nSPS) is 29.9. The Morgan fingerprint density at radius 2 is 1.94 bits per heavy atom. The van der Waals surface area contributed by atoms with E-state index in [0.717, 1.165) is 18.4 Å². The van der Waals surface area contributed by atoms with Gasteiger partial charge in [0.15, 0.2) is 0 Å². The highest BCUT2D eigenvalue weighted by Gasteiger charge is 2.44. The Kier molecular flexibility index (Phi) is 2.97. The lowest BCUT2D eigenvalue weighted by Gasteiger charge is -2.38. The minimum atomic E-state index is -1.19. The van der Waals surface area contributed by atoms with Gasteiger partial charge in [0.25, 0.3) is 0 Å². The highest BCUT2D eigenvalue weighted by atomic mass is 16.4. The average Bonchev–Trinajstić information content (AvgIpc) is 2.30. The molecular weight excluding hydrogens is 204 g/mol. The van der Waals surface area contributed by atoms with E-state index in [9.17, 15) is 15.0 Å². The van der Waals surface area contributed by atoms with Crippen LogP contribution in [-0.2, 0) is 10.4 Å². The van der Waals surface area contributed by atoms with Gasteiger partial charge in [-0.1, -0.05) is 43.2 Å². The first-order valence-corrected chi connectivity index (χ1v) is 5.65. The molecule has 0 spiro atoms. The Balaban J connectivity index is 2.37. The van der Waals surface area contributed by atoms with E-state index in [4.69, 9.17) is 0 Å². The summed E-state index contributed by atoms with van der Waals surface area (Å²) in [5, 5.41) is 19.8. The first-order valence-electron chi connectivity index (χ1n) is 5.65. The maximum atomic E-state index is 11.2. The van der Waals surface area contributed by atoms with E-state index in [1.54, 1.807) is 12.1 Å². The van der Waals surface area contributed by atoms with Gasteiger partial charge in [-0.25, -0.2) is 0 Å². The molecule has 1 aliphatic carbocycles. The zero-order valence-corrected chi connectivity index (χ0v) is 9.10. The van der Waals surface area contributed by atoms with Crippen molar-refractivity contribution in [3.05, 3.63) is 35.9 Å². The Morgan fingerprint density at radius 3 is 2.56 bits per heavy atom. The smallest absolute Gasteiger partial charge is 0.309 e. The minimum Gasteiger partial charge on any atom is -0.481 e. The summed E-state index contributed by atoms with van der Waals surface area (Å²) in [6.45, 7) is 0. The molecule has 2 N–H and O–H groups in total. The molecule has 0 amide bonds. The third kappa shape index (κ3) is 1.83. The summed E-state index contributed by atoms with van der Waals surface area (Å²) in [6.07, 6.45) is 2.86. The van der Waals surface area contributed by atoms with Gasteiger partial charge < -0.3 is 10.2 Å². The summed E-state index contributed by atoms with van der Waals surface area (Å²) in [7, 11) is 0. The molecule has 3 heteroatoms. The van der Waals surface area contributed by atoms with Gasteiger partial charge in [-0.15, -0.1) is 0 Å². The molecule has 0 saturated heterocycles. The molecular formula is C13H16O3. The van der Waals surface area contributed by atoms with Gasteiger partial charge in [0, 0.05) is 0 Å². The third-order valence-corrected chi connectivity index (χ3v) is 3.45. The fourth-order valence-electron chi connectivity index (χ4n) is 2.56. The molecule has 2 rings (SSSR count). The van der Waals surface area contributed by atoms with E-state index in [1.807, 2.05) is 18.2 Å². The highest BCUT2D eigenvalue weighted by Crippen LogP contribution is 2.41. The molecule has 3 nitrogen and oxygen atoms in total. The Labute approximate surface area is 94.7 Å². The van der Waals surface area contributed by atoms with Crippen molar-refractivity contribution in [1.29, 1.82) is 0 Å². The second kappa shape index (κ2) is 4.26. The second-order valence-electron chi connectivity index (χ2n) is 4.43. The zero-order valence-electron chi connectivity index (χ0n) is 9.10. The number of carboxylic acids is 1. The molecule has 0 aromatic heterocycles. The first kappa shape index (κ1) is 11.1. The Hall–Kier alpha value is -1.35. The lowest BCUT2D eigenvalue weighted by Crippen LogP contribution is -2.42. The molecule has 0 heterocycles. The third-order valence-electron chi connectivity index (χ3n) is 3.45. The first-order chi connectivity index (χ1) is 7.64. The monoisotopic (exact) mass is 220 g/mol. The largest absolute Gasteiger partial charge is 0.481 e. The van der Waals surface area contributed by atoms with Crippen LogP contribution >= 0.6 is 0 Å². The van der Waals surface area contributed by atoms with Crippen molar-refractivity contribution in [2.45, 2.75) is 31.3 Å². The number of aliphatic carboxylic acids is 1. The molecule has 1 fully saturated rings. The van der Waals surface area contributed by atoms with Gasteiger partial charge >= 0.3 is 5.97 Å². The summed E-state index contributed by atoms with van der Waals surface area (Å²) < 4.78 is 0.